The SMILES string of the molecule is COc1ccc(CCN(CCC(N)n2nc(C)c3cc(OC)c(OC)cc3c2=O)Cc2ccccc2)cc1OC. The summed E-state index contributed by atoms with van der Waals surface area (Å²) < 4.78 is 23.1. The minimum Gasteiger partial charge on any atom is -0.493 e. The number of aromatic nitrogens is 2. The molecule has 0 aliphatic rings. The fraction of sp³-hybridized carbons (Fsp3) is 0.355. The summed E-state index contributed by atoms with van der Waals surface area (Å²) in [6.07, 6.45) is 0.768. The second-order valence-corrected chi connectivity index (χ2v) is 9.65. The van der Waals surface area contributed by atoms with Gasteiger partial charge < -0.3 is 24.7 Å². The van der Waals surface area contributed by atoms with Crippen molar-refractivity contribution in [3.63, 3.8) is 0 Å². The lowest BCUT2D eigenvalue weighted by Gasteiger charge is -2.25. The van der Waals surface area contributed by atoms with E-state index >= 15 is 0 Å². The number of fused-ring (bicyclic) bond motifs is 1. The first-order valence-electron chi connectivity index (χ1n) is 13.3. The van der Waals surface area contributed by atoms with Crippen molar-refractivity contribution in [2.45, 2.75) is 32.5 Å². The zero-order valence-electron chi connectivity index (χ0n) is 23.8. The molecule has 0 saturated carbocycles. The zero-order valence-corrected chi connectivity index (χ0v) is 23.8. The lowest BCUT2D eigenvalue weighted by atomic mass is 10.1. The van der Waals surface area contributed by atoms with E-state index < -0.39 is 6.17 Å². The average Bonchev–Trinajstić information content (AvgIpc) is 2.99. The van der Waals surface area contributed by atoms with Crippen LogP contribution in [0.2, 0.25) is 0 Å². The third kappa shape index (κ3) is 6.55. The Hall–Kier alpha value is -4.08. The molecule has 0 spiro atoms. The van der Waals surface area contributed by atoms with Gasteiger partial charge in [0.15, 0.2) is 23.0 Å². The maximum absolute atomic E-state index is 13.4. The highest BCUT2D eigenvalue weighted by Crippen LogP contribution is 2.32. The van der Waals surface area contributed by atoms with E-state index in [1.807, 2.05) is 37.3 Å². The maximum Gasteiger partial charge on any atom is 0.276 e. The Morgan fingerprint density at radius 2 is 1.43 bits per heavy atom. The molecule has 0 saturated heterocycles. The topological polar surface area (TPSA) is 101 Å². The molecule has 9 heteroatoms. The first kappa shape index (κ1) is 28.9. The second kappa shape index (κ2) is 13.3. The van der Waals surface area contributed by atoms with E-state index in [4.69, 9.17) is 24.7 Å². The molecule has 0 bridgehead atoms. The summed E-state index contributed by atoms with van der Waals surface area (Å²) in [5.41, 5.74) is 9.38. The third-order valence-corrected chi connectivity index (χ3v) is 7.08. The van der Waals surface area contributed by atoms with Crippen LogP contribution in [0.5, 0.6) is 23.0 Å². The summed E-state index contributed by atoms with van der Waals surface area (Å²) in [5, 5.41) is 5.77. The Morgan fingerprint density at radius 1 is 0.800 bits per heavy atom. The Labute approximate surface area is 235 Å². The largest absolute Gasteiger partial charge is 0.493 e. The van der Waals surface area contributed by atoms with Gasteiger partial charge in [-0.25, -0.2) is 4.68 Å². The standard InChI is InChI=1S/C31H38N4O5/c1-21-24-18-28(39-4)29(40-5)19-25(24)31(36)35(33-21)30(32)14-16-34(20-23-9-7-6-8-10-23)15-13-22-11-12-26(37-2)27(17-22)38-3/h6-12,17-19,30H,13-16,20,32H2,1-5H3. The lowest BCUT2D eigenvalue weighted by molar-refractivity contribution is 0.241. The first-order valence-corrected chi connectivity index (χ1v) is 13.3. The highest BCUT2D eigenvalue weighted by atomic mass is 16.5. The van der Waals surface area contributed by atoms with Crippen LogP contribution in [0.25, 0.3) is 10.8 Å². The molecule has 212 valence electrons. The molecule has 4 rings (SSSR count). The quantitative estimate of drug-likeness (QED) is 0.264. The molecule has 0 fully saturated rings. The molecule has 1 atom stereocenters. The van der Waals surface area contributed by atoms with E-state index in [2.05, 4.69) is 28.2 Å². The van der Waals surface area contributed by atoms with Crippen LogP contribution in [0, 0.1) is 6.92 Å². The molecular formula is C31H38N4O5. The number of hydrogen-bond acceptors (Lipinski definition) is 8. The first-order chi connectivity index (χ1) is 19.4. The monoisotopic (exact) mass is 546 g/mol. The fourth-order valence-electron chi connectivity index (χ4n) is 4.84. The van der Waals surface area contributed by atoms with E-state index in [1.165, 1.54) is 10.2 Å². The molecule has 0 amide bonds. The van der Waals surface area contributed by atoms with Gasteiger partial charge in [0.1, 0.15) is 6.17 Å². The summed E-state index contributed by atoms with van der Waals surface area (Å²) >= 11 is 0. The smallest absolute Gasteiger partial charge is 0.276 e. The number of nitrogens with zero attached hydrogens (tertiary/aromatic N) is 3. The third-order valence-electron chi connectivity index (χ3n) is 7.08. The van der Waals surface area contributed by atoms with Crippen molar-refractivity contribution < 1.29 is 18.9 Å². The minimum absolute atomic E-state index is 0.256. The number of rotatable bonds is 13. The van der Waals surface area contributed by atoms with Gasteiger partial charge in [-0.15, -0.1) is 0 Å². The molecule has 9 nitrogen and oxygen atoms in total. The van der Waals surface area contributed by atoms with E-state index in [0.717, 1.165) is 25.1 Å². The van der Waals surface area contributed by atoms with E-state index in [1.54, 1.807) is 40.6 Å². The lowest BCUT2D eigenvalue weighted by Crippen LogP contribution is -2.36. The minimum atomic E-state index is -0.594. The van der Waals surface area contributed by atoms with Crippen molar-refractivity contribution >= 4 is 10.8 Å². The van der Waals surface area contributed by atoms with Crippen molar-refractivity contribution in [1.82, 2.24) is 14.7 Å². The maximum atomic E-state index is 13.4. The van der Waals surface area contributed by atoms with Gasteiger partial charge in [-0.3, -0.25) is 9.69 Å². The van der Waals surface area contributed by atoms with Crippen molar-refractivity contribution in [3.8, 4) is 23.0 Å². The van der Waals surface area contributed by atoms with Crippen LogP contribution in [0.15, 0.2) is 65.5 Å². The molecule has 0 aliphatic heterocycles. The Bertz CT molecular complexity index is 1490. The predicted octanol–water partition coefficient (Wildman–Crippen LogP) is 4.33. The van der Waals surface area contributed by atoms with E-state index in [0.29, 0.717) is 52.4 Å². The van der Waals surface area contributed by atoms with Crippen molar-refractivity contribution in [1.29, 1.82) is 0 Å². The van der Waals surface area contributed by atoms with Crippen LogP contribution in [0.4, 0.5) is 0 Å². The van der Waals surface area contributed by atoms with E-state index in [-0.39, 0.29) is 5.56 Å². The highest BCUT2D eigenvalue weighted by Gasteiger charge is 2.18. The number of benzene rings is 3. The fourth-order valence-corrected chi connectivity index (χ4v) is 4.84. The Balaban J connectivity index is 1.54. The van der Waals surface area contributed by atoms with Crippen molar-refractivity contribution in [3.05, 3.63) is 87.8 Å². The summed E-state index contributed by atoms with van der Waals surface area (Å²) in [7, 11) is 6.38. The van der Waals surface area contributed by atoms with Gasteiger partial charge in [0, 0.05) is 25.0 Å². The van der Waals surface area contributed by atoms with Crippen LogP contribution < -0.4 is 30.2 Å². The highest BCUT2D eigenvalue weighted by molar-refractivity contribution is 5.87. The van der Waals surface area contributed by atoms with Crippen LogP contribution in [-0.2, 0) is 13.0 Å². The number of hydrogen-bond donors (Lipinski definition) is 1. The molecule has 40 heavy (non-hydrogen) atoms. The summed E-state index contributed by atoms with van der Waals surface area (Å²) in [4.78, 5) is 15.8. The molecule has 1 heterocycles. The molecule has 1 unspecified atom stereocenters. The van der Waals surface area contributed by atoms with Gasteiger partial charge >= 0.3 is 0 Å². The summed E-state index contributed by atoms with van der Waals surface area (Å²) in [6, 6.07) is 19.8. The number of aryl methyl sites for hydroxylation is 1. The second-order valence-electron chi connectivity index (χ2n) is 9.65. The normalized spacial score (nSPS) is 12.0. The van der Waals surface area contributed by atoms with E-state index in [9.17, 15) is 4.79 Å². The van der Waals surface area contributed by atoms with Crippen molar-refractivity contribution in [2.75, 3.05) is 41.5 Å². The molecule has 3 aromatic carbocycles. The molecule has 1 aromatic heterocycles. The Morgan fingerprint density at radius 3 is 2.08 bits per heavy atom. The number of methoxy groups -OCH3 is 4. The number of nitrogens with two attached hydrogens (primary N) is 1. The molecule has 0 aliphatic carbocycles. The van der Waals surface area contributed by atoms with Gasteiger partial charge in [-0.1, -0.05) is 36.4 Å². The molecular weight excluding hydrogens is 508 g/mol. The molecule has 4 aromatic rings. The van der Waals surface area contributed by atoms with Crippen LogP contribution >= 0.6 is 0 Å². The van der Waals surface area contributed by atoms with Crippen LogP contribution in [-0.4, -0.2) is 56.2 Å². The van der Waals surface area contributed by atoms with Gasteiger partial charge in [0.05, 0.1) is 39.5 Å². The van der Waals surface area contributed by atoms with Crippen molar-refractivity contribution in [2.24, 2.45) is 5.73 Å². The molecule has 2 N–H and O–H groups in total. The van der Waals surface area contributed by atoms with Gasteiger partial charge in [0.2, 0.25) is 0 Å². The Kier molecular flexibility index (Phi) is 9.63. The summed E-state index contributed by atoms with van der Waals surface area (Å²) in [5.74, 6) is 2.45. The number of ether oxygens (including phenoxy) is 4. The van der Waals surface area contributed by atoms with Gasteiger partial charge in [-0.2, -0.15) is 5.10 Å². The van der Waals surface area contributed by atoms with Crippen LogP contribution in [0.3, 0.4) is 0 Å². The average molecular weight is 547 g/mol. The zero-order chi connectivity index (χ0) is 28.6. The summed E-state index contributed by atoms with van der Waals surface area (Å²) in [6.45, 7) is 4.10. The van der Waals surface area contributed by atoms with Crippen LogP contribution in [0.1, 0.15) is 29.4 Å². The predicted molar refractivity (Wildman–Crippen MR) is 157 cm³/mol. The van der Waals surface area contributed by atoms with Gasteiger partial charge in [-0.05, 0) is 55.2 Å². The molecule has 0 radical (unpaired) electrons. The van der Waals surface area contributed by atoms with Gasteiger partial charge in [0.25, 0.3) is 5.56 Å².